The highest BCUT2D eigenvalue weighted by Gasteiger charge is 2.00. The number of ether oxygens (including phenoxy) is 1. The van der Waals surface area contributed by atoms with Crippen LogP contribution in [0.2, 0.25) is 0 Å². The lowest BCUT2D eigenvalue weighted by atomic mass is 10.7. The van der Waals surface area contributed by atoms with Crippen LogP contribution in [0.1, 0.15) is 5.82 Å². The third-order valence-electron chi connectivity index (χ3n) is 1.71. The highest BCUT2D eigenvalue weighted by Crippen LogP contribution is 1.84. The highest BCUT2D eigenvalue weighted by atomic mass is 16.6. The van der Waals surface area contributed by atoms with Gasteiger partial charge in [-0.1, -0.05) is 0 Å². The zero-order valence-electron chi connectivity index (χ0n) is 8.31. The maximum absolute atomic E-state index is 9.15. The quantitative estimate of drug-likeness (QED) is 0.474. The largest absolute Gasteiger partial charge is 0.505 e. The van der Waals surface area contributed by atoms with Gasteiger partial charge in [0.25, 0.3) is 5.82 Å². The summed E-state index contributed by atoms with van der Waals surface area (Å²) < 4.78 is 7.83. The van der Waals surface area contributed by atoms with Crippen LogP contribution in [0, 0.1) is 6.92 Å². The van der Waals surface area contributed by atoms with Gasteiger partial charge in [-0.2, -0.15) is 0 Å². The van der Waals surface area contributed by atoms with E-state index < -0.39 is 6.16 Å². The molecule has 0 aliphatic rings. The molecule has 74 valence electrons. The topological polar surface area (TPSA) is 55.3 Å². The van der Waals surface area contributed by atoms with E-state index in [0.29, 0.717) is 0 Å². The Kier molecular flexibility index (Phi) is 4.58. The Morgan fingerprint density at radius 2 is 2.15 bits per heavy atom. The minimum atomic E-state index is -1.25. The summed E-state index contributed by atoms with van der Waals surface area (Å²) in [6.07, 6.45) is 2.83. The van der Waals surface area contributed by atoms with E-state index in [9.17, 15) is 0 Å². The van der Waals surface area contributed by atoms with E-state index in [4.69, 9.17) is 9.90 Å². The first-order chi connectivity index (χ1) is 5.99. The van der Waals surface area contributed by atoms with Crippen molar-refractivity contribution in [3.8, 4) is 0 Å². The van der Waals surface area contributed by atoms with Gasteiger partial charge in [-0.15, -0.1) is 0 Å². The molecule has 13 heavy (non-hydrogen) atoms. The molecule has 1 rings (SSSR count). The molecule has 0 aliphatic carbocycles. The molecule has 0 unspecified atom stereocenters. The maximum Gasteiger partial charge on any atom is 0.505 e. The van der Waals surface area contributed by atoms with E-state index >= 15 is 0 Å². The molecule has 0 aliphatic heterocycles. The van der Waals surface area contributed by atoms with Crippen molar-refractivity contribution >= 4 is 6.16 Å². The smallest absolute Gasteiger partial charge is 0.450 e. The van der Waals surface area contributed by atoms with Crippen molar-refractivity contribution in [2.24, 2.45) is 14.1 Å². The lowest BCUT2D eigenvalue weighted by molar-refractivity contribution is -0.677. The van der Waals surface area contributed by atoms with Crippen molar-refractivity contribution in [2.45, 2.75) is 6.92 Å². The first-order valence-electron chi connectivity index (χ1n) is 3.73. The van der Waals surface area contributed by atoms with Crippen LogP contribution in [0.15, 0.2) is 12.4 Å². The highest BCUT2D eigenvalue weighted by molar-refractivity contribution is 5.56. The van der Waals surface area contributed by atoms with E-state index in [1.54, 1.807) is 0 Å². The summed E-state index contributed by atoms with van der Waals surface area (Å²) in [6, 6.07) is 0. The average Bonchev–Trinajstić information content (AvgIpc) is 2.37. The van der Waals surface area contributed by atoms with E-state index in [1.165, 1.54) is 5.82 Å². The van der Waals surface area contributed by atoms with E-state index in [2.05, 4.69) is 20.8 Å². The number of nitrogens with zero attached hydrogens (tertiary/aromatic N) is 2. The normalized spacial score (nSPS) is 8.62. The third-order valence-corrected chi connectivity index (χ3v) is 1.71. The van der Waals surface area contributed by atoms with Gasteiger partial charge in [-0.05, 0) is 0 Å². The summed E-state index contributed by atoms with van der Waals surface area (Å²) in [6.45, 7) is 2.08. The Hall–Kier alpha value is -1.52. The predicted molar refractivity (Wildman–Crippen MR) is 46.4 cm³/mol. The van der Waals surface area contributed by atoms with Crippen molar-refractivity contribution in [3.05, 3.63) is 18.2 Å². The molecule has 0 spiro atoms. The van der Waals surface area contributed by atoms with Gasteiger partial charge in [0.1, 0.15) is 12.4 Å². The number of carboxylic acid groups (broad SMARTS) is 1. The summed E-state index contributed by atoms with van der Waals surface area (Å²) in [7, 11) is 5.17. The number of hydrogen-bond acceptors (Lipinski definition) is 2. The summed E-state index contributed by atoms with van der Waals surface area (Å²) in [5, 5.41) is 7.50. The molecule has 0 radical (unpaired) electrons. The van der Waals surface area contributed by atoms with Crippen molar-refractivity contribution in [3.63, 3.8) is 0 Å². The monoisotopic (exact) mass is 187 g/mol. The number of hydrogen-bond donors (Lipinski definition) is 1. The lowest BCUT2D eigenvalue weighted by Crippen LogP contribution is -2.29. The van der Waals surface area contributed by atoms with Gasteiger partial charge in [0.15, 0.2) is 0 Å². The fourth-order valence-corrected chi connectivity index (χ4v) is 0.665. The van der Waals surface area contributed by atoms with Crippen LogP contribution in [-0.2, 0) is 18.8 Å². The molecule has 5 nitrogen and oxygen atoms in total. The van der Waals surface area contributed by atoms with E-state index in [1.807, 2.05) is 26.5 Å². The third kappa shape index (κ3) is 4.15. The standard InChI is InChI=1S/C6H11N2.C2H4O3/c1-6-7(2)4-5-8(6)3;1-5-2(3)4/h4-5H,1-3H3;1H3,(H,3,4)/q+1;. The minimum Gasteiger partial charge on any atom is -0.450 e. The minimum absolute atomic E-state index is 1.10. The molecule has 1 aromatic heterocycles. The van der Waals surface area contributed by atoms with Gasteiger partial charge in [-0.3, -0.25) is 0 Å². The molecule has 0 fully saturated rings. The number of imidazole rings is 1. The number of rotatable bonds is 0. The SMILES string of the molecule is COC(=O)O.Cc1n(C)cc[n+]1C. The predicted octanol–water partition coefficient (Wildman–Crippen LogP) is 0.469. The summed E-state index contributed by atoms with van der Waals surface area (Å²) in [4.78, 5) is 9.15. The molecule has 0 bridgehead atoms. The molecular weight excluding hydrogens is 172 g/mol. The molecule has 1 aromatic rings. The van der Waals surface area contributed by atoms with Crippen LogP contribution >= 0.6 is 0 Å². The second kappa shape index (κ2) is 5.18. The first-order valence-corrected chi connectivity index (χ1v) is 3.73. The Bertz CT molecular complexity index is 261. The molecule has 1 N–H and O–H groups in total. The number of aromatic nitrogens is 2. The first kappa shape index (κ1) is 11.5. The van der Waals surface area contributed by atoms with Crippen molar-refractivity contribution < 1.29 is 19.2 Å². The van der Waals surface area contributed by atoms with Gasteiger partial charge in [-0.25, -0.2) is 13.9 Å². The summed E-state index contributed by atoms with van der Waals surface area (Å²) in [5.41, 5.74) is 0. The fourth-order valence-electron chi connectivity index (χ4n) is 0.665. The van der Waals surface area contributed by atoms with Crippen molar-refractivity contribution in [1.29, 1.82) is 0 Å². The Balaban J connectivity index is 0.000000252. The van der Waals surface area contributed by atoms with Gasteiger partial charge in [0.05, 0.1) is 21.2 Å². The summed E-state index contributed by atoms with van der Waals surface area (Å²) in [5.74, 6) is 1.27. The number of methoxy groups -OCH3 is 1. The van der Waals surface area contributed by atoms with Crippen LogP contribution in [0.3, 0.4) is 0 Å². The molecule has 1 heterocycles. The van der Waals surface area contributed by atoms with Crippen LogP contribution in [0.4, 0.5) is 4.79 Å². The van der Waals surface area contributed by atoms with Gasteiger partial charge in [0.2, 0.25) is 0 Å². The summed E-state index contributed by atoms with van der Waals surface area (Å²) >= 11 is 0. The Labute approximate surface area is 77.2 Å². The fraction of sp³-hybridized carbons (Fsp3) is 0.500. The maximum atomic E-state index is 9.15. The van der Waals surface area contributed by atoms with Crippen LogP contribution < -0.4 is 4.57 Å². The van der Waals surface area contributed by atoms with Crippen LogP contribution in [0.25, 0.3) is 0 Å². The Morgan fingerprint density at radius 3 is 2.23 bits per heavy atom. The second-order valence-electron chi connectivity index (χ2n) is 2.54. The van der Waals surface area contributed by atoms with Crippen LogP contribution in [-0.4, -0.2) is 22.9 Å². The van der Waals surface area contributed by atoms with Crippen molar-refractivity contribution in [2.75, 3.05) is 7.11 Å². The number of carbonyl (C=O) groups is 1. The number of aryl methyl sites for hydroxylation is 2. The van der Waals surface area contributed by atoms with E-state index in [-0.39, 0.29) is 0 Å². The molecule has 0 atom stereocenters. The molecule has 0 saturated heterocycles. The van der Waals surface area contributed by atoms with Crippen molar-refractivity contribution in [1.82, 2.24) is 4.57 Å². The Morgan fingerprint density at radius 1 is 1.69 bits per heavy atom. The second-order valence-corrected chi connectivity index (χ2v) is 2.54. The average molecular weight is 187 g/mol. The van der Waals surface area contributed by atoms with Gasteiger partial charge >= 0.3 is 6.16 Å². The van der Waals surface area contributed by atoms with E-state index in [0.717, 1.165) is 7.11 Å². The zero-order chi connectivity index (χ0) is 10.4. The molecule has 0 saturated carbocycles. The zero-order valence-corrected chi connectivity index (χ0v) is 8.31. The van der Waals surface area contributed by atoms with Gasteiger partial charge < -0.3 is 9.84 Å². The molecule has 5 heteroatoms. The van der Waals surface area contributed by atoms with Gasteiger partial charge in [0, 0.05) is 6.92 Å². The molecule has 0 amide bonds. The molecule has 0 aromatic carbocycles. The van der Waals surface area contributed by atoms with Crippen LogP contribution in [0.5, 0.6) is 0 Å². The lowest BCUT2D eigenvalue weighted by Gasteiger charge is -1.84. The molecular formula is C8H15N2O3+.